The first-order chi connectivity index (χ1) is 21.6. The highest BCUT2D eigenvalue weighted by Gasteiger charge is 2.47. The summed E-state index contributed by atoms with van der Waals surface area (Å²) in [5.74, 6) is 0.565. The van der Waals surface area contributed by atoms with Crippen molar-refractivity contribution in [1.82, 2.24) is 25.0 Å². The second-order valence-electron chi connectivity index (χ2n) is 14.6. The molecule has 3 aromatic rings. The van der Waals surface area contributed by atoms with Gasteiger partial charge in [0, 0.05) is 55.2 Å². The van der Waals surface area contributed by atoms with Gasteiger partial charge < -0.3 is 25.0 Å². The molecule has 2 atom stereocenters. The number of nitrogens with zero attached hydrogens (tertiary/aromatic N) is 3. The van der Waals surface area contributed by atoms with Crippen LogP contribution in [0.25, 0.3) is 22.2 Å². The maximum Gasteiger partial charge on any atom is 0.233 e. The van der Waals surface area contributed by atoms with Gasteiger partial charge in [-0.3, -0.25) is 4.79 Å². The number of carbonyl (C=O) groups is 1. The minimum absolute atomic E-state index is 0.272. The van der Waals surface area contributed by atoms with Gasteiger partial charge in [-0.1, -0.05) is 36.3 Å². The number of aryl methyl sites for hydroxylation is 2. The Kier molecular flexibility index (Phi) is 7.67. The monoisotopic (exact) mass is 603 g/mol. The predicted molar refractivity (Wildman–Crippen MR) is 185 cm³/mol. The number of nitrogens with one attached hydrogen (secondary N) is 2. The van der Waals surface area contributed by atoms with Crippen LogP contribution in [0.4, 0.5) is 0 Å². The second-order valence-corrected chi connectivity index (χ2v) is 14.6. The van der Waals surface area contributed by atoms with Crippen molar-refractivity contribution in [3.63, 3.8) is 0 Å². The predicted octanol–water partition coefficient (Wildman–Crippen LogP) is 7.46. The van der Waals surface area contributed by atoms with Crippen LogP contribution in [0.5, 0.6) is 0 Å². The third-order valence-corrected chi connectivity index (χ3v) is 10.8. The van der Waals surface area contributed by atoms with Gasteiger partial charge in [0.05, 0.1) is 11.1 Å². The molecule has 0 spiro atoms. The molecule has 6 heteroatoms. The average molecular weight is 604 g/mol. The summed E-state index contributed by atoms with van der Waals surface area (Å²) < 4.78 is 0. The van der Waals surface area contributed by atoms with Crippen LogP contribution in [-0.4, -0.2) is 64.0 Å². The Morgan fingerprint density at radius 3 is 2.44 bits per heavy atom. The number of benzene rings is 2. The normalized spacial score (nSPS) is 22.9. The molecule has 0 aliphatic carbocycles. The zero-order chi connectivity index (χ0) is 31.5. The highest BCUT2D eigenvalue weighted by molar-refractivity contribution is 5.95. The van der Waals surface area contributed by atoms with E-state index in [2.05, 4.69) is 134 Å². The maximum atomic E-state index is 14.1. The molecule has 236 valence electrons. The molecule has 2 N–H and O–H groups in total. The molecule has 2 fully saturated rings. The minimum Gasteiger partial charge on any atom is -0.356 e. The first-order valence-corrected chi connectivity index (χ1v) is 16.9. The van der Waals surface area contributed by atoms with Crippen LogP contribution in [0.1, 0.15) is 81.0 Å². The lowest BCUT2D eigenvalue weighted by atomic mass is 9.81. The lowest BCUT2D eigenvalue weighted by Gasteiger charge is -2.33. The summed E-state index contributed by atoms with van der Waals surface area (Å²) in [4.78, 5) is 24.6. The van der Waals surface area contributed by atoms with Crippen molar-refractivity contribution in [2.45, 2.75) is 96.3 Å². The van der Waals surface area contributed by atoms with Crippen LogP contribution in [0.15, 0.2) is 72.7 Å². The standard InChI is InChI=1S/C39H49N5O/c1-25-19-26(2)21-29(20-25)37-36(27(3)23-40-16-15-28-7-14-35-42(6)17-18-43(35)24-28)33-22-30(8-13-34(33)41-37)39(4,5)38(45)44-31-9-10-32(44)12-11-31/h7-8,13-14,17-22,24,27,31-32,35,40-41H,9-12,15-16,23H2,1-6H3/t27-,31?,32?,35?/m1/s1. The summed E-state index contributed by atoms with van der Waals surface area (Å²) in [5, 5.41) is 5.01. The molecule has 45 heavy (non-hydrogen) atoms. The molecule has 4 aliphatic rings. The molecule has 1 aromatic heterocycles. The van der Waals surface area contributed by atoms with Crippen molar-refractivity contribution in [3.8, 4) is 11.3 Å². The van der Waals surface area contributed by atoms with Gasteiger partial charge in [0.25, 0.3) is 0 Å². The van der Waals surface area contributed by atoms with E-state index in [1.807, 2.05) is 0 Å². The minimum atomic E-state index is -0.574. The number of hydrogen-bond donors (Lipinski definition) is 2. The number of amides is 1. The summed E-state index contributed by atoms with van der Waals surface area (Å²) in [6.07, 6.45) is 17.0. The lowest BCUT2D eigenvalue weighted by molar-refractivity contribution is -0.137. The number of H-pyrrole nitrogens is 1. The van der Waals surface area contributed by atoms with Crippen LogP contribution in [-0.2, 0) is 10.2 Å². The van der Waals surface area contributed by atoms with Gasteiger partial charge >= 0.3 is 0 Å². The van der Waals surface area contributed by atoms with Crippen molar-refractivity contribution < 1.29 is 4.79 Å². The molecular formula is C39H49N5O. The van der Waals surface area contributed by atoms with E-state index in [0.29, 0.717) is 24.2 Å². The third kappa shape index (κ3) is 5.41. The molecule has 7 rings (SSSR count). The lowest BCUT2D eigenvalue weighted by Crippen LogP contribution is -2.45. The summed E-state index contributed by atoms with van der Waals surface area (Å²) in [6, 6.07) is 14.4. The Balaban J connectivity index is 1.16. The average Bonchev–Trinajstić information content (AvgIpc) is 3.80. The number of hydrogen-bond acceptors (Lipinski definition) is 4. The van der Waals surface area contributed by atoms with E-state index in [-0.39, 0.29) is 5.92 Å². The topological polar surface area (TPSA) is 54.6 Å². The highest BCUT2D eigenvalue weighted by Crippen LogP contribution is 2.43. The molecule has 4 aliphatic heterocycles. The van der Waals surface area contributed by atoms with E-state index in [9.17, 15) is 4.79 Å². The molecule has 1 unspecified atom stereocenters. The molecule has 5 heterocycles. The smallest absolute Gasteiger partial charge is 0.233 e. The van der Waals surface area contributed by atoms with E-state index < -0.39 is 5.41 Å². The Bertz CT molecular complexity index is 1670. The second kappa shape index (κ2) is 11.5. The zero-order valence-electron chi connectivity index (χ0n) is 27.9. The number of fused-ring (bicyclic) bond motifs is 4. The molecule has 2 bridgehead atoms. The van der Waals surface area contributed by atoms with Crippen molar-refractivity contribution in [1.29, 1.82) is 0 Å². The fourth-order valence-corrected chi connectivity index (χ4v) is 8.32. The van der Waals surface area contributed by atoms with Crippen molar-refractivity contribution >= 4 is 16.8 Å². The Labute approximate surface area is 268 Å². The van der Waals surface area contributed by atoms with Gasteiger partial charge in [0.2, 0.25) is 5.91 Å². The highest BCUT2D eigenvalue weighted by atomic mass is 16.2. The third-order valence-electron chi connectivity index (χ3n) is 10.8. The molecule has 0 radical (unpaired) electrons. The van der Waals surface area contributed by atoms with Crippen LogP contribution in [0.3, 0.4) is 0 Å². The van der Waals surface area contributed by atoms with Crippen LogP contribution >= 0.6 is 0 Å². The summed E-state index contributed by atoms with van der Waals surface area (Å²) in [5.41, 5.74) is 9.30. The fraction of sp³-hybridized carbons (Fsp3) is 0.462. The SMILES string of the molecule is Cc1cc(C)cc(-c2[nH]c3ccc(C(C)(C)C(=O)N4C5CCC4CC5)cc3c2[C@H](C)CNCCC2=CN3C=CN(C)C3C=C2)c1. The summed E-state index contributed by atoms with van der Waals surface area (Å²) >= 11 is 0. The number of allylic oxidation sites excluding steroid dienone is 1. The quantitative estimate of drug-likeness (QED) is 0.249. The van der Waals surface area contributed by atoms with E-state index in [1.165, 1.54) is 38.9 Å². The molecule has 2 aromatic carbocycles. The largest absolute Gasteiger partial charge is 0.356 e. The Hall–Kier alpha value is -3.77. The number of rotatable bonds is 9. The zero-order valence-corrected chi connectivity index (χ0v) is 27.9. The maximum absolute atomic E-state index is 14.1. The number of aromatic nitrogens is 1. The van der Waals surface area contributed by atoms with E-state index in [4.69, 9.17) is 0 Å². The van der Waals surface area contributed by atoms with Gasteiger partial charge in [0.1, 0.15) is 6.17 Å². The van der Waals surface area contributed by atoms with Gasteiger partial charge in [-0.25, -0.2) is 0 Å². The molecular weight excluding hydrogens is 554 g/mol. The molecule has 6 nitrogen and oxygen atoms in total. The Morgan fingerprint density at radius 2 is 1.73 bits per heavy atom. The summed E-state index contributed by atoms with van der Waals surface area (Å²) in [7, 11) is 2.11. The van der Waals surface area contributed by atoms with Gasteiger partial charge in [-0.2, -0.15) is 0 Å². The number of aromatic amines is 1. The van der Waals surface area contributed by atoms with Gasteiger partial charge in [-0.05, 0) is 125 Å². The van der Waals surface area contributed by atoms with Crippen molar-refractivity contribution in [2.24, 2.45) is 0 Å². The molecule has 0 saturated carbocycles. The van der Waals surface area contributed by atoms with E-state index in [0.717, 1.165) is 56.3 Å². The van der Waals surface area contributed by atoms with Crippen LogP contribution in [0, 0.1) is 13.8 Å². The summed E-state index contributed by atoms with van der Waals surface area (Å²) in [6.45, 7) is 12.7. The van der Waals surface area contributed by atoms with E-state index >= 15 is 0 Å². The van der Waals surface area contributed by atoms with Crippen LogP contribution < -0.4 is 5.32 Å². The Morgan fingerprint density at radius 1 is 1.02 bits per heavy atom. The fourth-order valence-electron chi connectivity index (χ4n) is 8.32. The van der Waals surface area contributed by atoms with Crippen molar-refractivity contribution in [3.05, 3.63) is 95.0 Å². The number of carbonyl (C=O) groups excluding carboxylic acids is 1. The van der Waals surface area contributed by atoms with E-state index in [1.54, 1.807) is 0 Å². The molecule has 2 saturated heterocycles. The number of likely N-dealkylation sites (N-methyl/N-ethyl adjacent to an activating group) is 1. The molecule has 1 amide bonds. The van der Waals surface area contributed by atoms with Crippen LogP contribution in [0.2, 0.25) is 0 Å². The first kappa shape index (κ1) is 29.9. The van der Waals surface area contributed by atoms with Gasteiger partial charge in [-0.15, -0.1) is 0 Å². The van der Waals surface area contributed by atoms with Crippen molar-refractivity contribution in [2.75, 3.05) is 20.1 Å². The van der Waals surface area contributed by atoms with Gasteiger partial charge in [0.15, 0.2) is 0 Å². The first-order valence-electron chi connectivity index (χ1n) is 16.9.